The minimum atomic E-state index is -0.586. The van der Waals surface area contributed by atoms with Gasteiger partial charge in [0.1, 0.15) is 0 Å². The second-order valence-corrected chi connectivity index (χ2v) is 7.23. The normalized spacial score (nSPS) is 24.4. The molecular formula is C22H24O6. The number of hydrogen-bond acceptors (Lipinski definition) is 6. The van der Waals surface area contributed by atoms with Crippen molar-refractivity contribution >= 4 is 17.9 Å². The molecule has 0 spiro atoms. The van der Waals surface area contributed by atoms with Crippen molar-refractivity contribution in [3.05, 3.63) is 58.4 Å². The summed E-state index contributed by atoms with van der Waals surface area (Å²) in [5.74, 6) is -1.10. The molecule has 0 saturated heterocycles. The largest absolute Gasteiger partial charge is 0.465 e. The highest BCUT2D eigenvalue weighted by molar-refractivity contribution is 6.03. The first-order valence-electron chi connectivity index (χ1n) is 9.24. The Morgan fingerprint density at radius 1 is 1.07 bits per heavy atom. The number of esters is 3. The van der Waals surface area contributed by atoms with E-state index < -0.39 is 11.9 Å². The van der Waals surface area contributed by atoms with E-state index in [1.165, 1.54) is 37.5 Å². The molecule has 0 radical (unpaired) electrons. The van der Waals surface area contributed by atoms with Gasteiger partial charge in [0.15, 0.2) is 0 Å². The third-order valence-corrected chi connectivity index (χ3v) is 5.81. The Balaban J connectivity index is 1.78. The summed E-state index contributed by atoms with van der Waals surface area (Å²) in [5.41, 5.74) is 3.93. The lowest BCUT2D eigenvalue weighted by Gasteiger charge is -2.26. The molecule has 1 aromatic carbocycles. The molecule has 148 valence electrons. The average Bonchev–Trinajstić information content (AvgIpc) is 3.19. The van der Waals surface area contributed by atoms with Crippen molar-refractivity contribution in [3.63, 3.8) is 0 Å². The molecule has 0 N–H and O–H groups in total. The van der Waals surface area contributed by atoms with Gasteiger partial charge in [-0.3, -0.25) is 4.79 Å². The highest BCUT2D eigenvalue weighted by Crippen LogP contribution is 2.54. The van der Waals surface area contributed by atoms with Gasteiger partial charge < -0.3 is 14.2 Å². The minimum Gasteiger partial charge on any atom is -0.465 e. The van der Waals surface area contributed by atoms with E-state index in [0.29, 0.717) is 0 Å². The number of ether oxygens (including phenoxy) is 3. The van der Waals surface area contributed by atoms with Gasteiger partial charge in [0.2, 0.25) is 0 Å². The van der Waals surface area contributed by atoms with Crippen LogP contribution in [0.25, 0.3) is 0 Å². The van der Waals surface area contributed by atoms with E-state index >= 15 is 0 Å². The Bertz CT molecular complexity index is 879. The molecular weight excluding hydrogens is 360 g/mol. The van der Waals surface area contributed by atoms with E-state index in [1.54, 1.807) is 18.2 Å². The molecule has 1 saturated carbocycles. The maximum absolute atomic E-state index is 12.6. The summed E-state index contributed by atoms with van der Waals surface area (Å²) < 4.78 is 15.4. The summed E-state index contributed by atoms with van der Waals surface area (Å²) in [7, 11) is 1.27. The fraction of sp³-hybridized carbons (Fsp3) is 0.409. The molecule has 1 fully saturated rings. The van der Waals surface area contributed by atoms with Crippen LogP contribution < -0.4 is 0 Å². The first kappa shape index (κ1) is 19.9. The van der Waals surface area contributed by atoms with E-state index in [4.69, 9.17) is 14.2 Å². The lowest BCUT2D eigenvalue weighted by Crippen LogP contribution is -2.24. The SMILES string of the molecule is COC(=O)c1ccccc1C(=O)OC[C@@H]1/C(=C/OC(C)=O)[C@H]2C[C@@H]1C(C)=C2C. The number of fused-ring (bicyclic) bond motifs is 2. The second-order valence-electron chi connectivity index (χ2n) is 7.23. The Hall–Kier alpha value is -2.89. The van der Waals surface area contributed by atoms with Crippen LogP contribution in [0.5, 0.6) is 0 Å². The van der Waals surface area contributed by atoms with Crippen molar-refractivity contribution in [2.75, 3.05) is 13.7 Å². The van der Waals surface area contributed by atoms with Crippen LogP contribution in [0.3, 0.4) is 0 Å². The van der Waals surface area contributed by atoms with Gasteiger partial charge in [-0.05, 0) is 43.9 Å². The summed E-state index contributed by atoms with van der Waals surface area (Å²) in [4.78, 5) is 35.7. The van der Waals surface area contributed by atoms with Gasteiger partial charge in [-0.2, -0.15) is 0 Å². The highest BCUT2D eigenvalue weighted by atomic mass is 16.5. The Morgan fingerprint density at radius 2 is 1.71 bits per heavy atom. The molecule has 2 aliphatic rings. The number of rotatable bonds is 5. The third-order valence-electron chi connectivity index (χ3n) is 5.81. The van der Waals surface area contributed by atoms with Crippen LogP contribution in [0.1, 0.15) is 47.9 Å². The van der Waals surface area contributed by atoms with Crippen molar-refractivity contribution in [2.24, 2.45) is 17.8 Å². The zero-order valence-corrected chi connectivity index (χ0v) is 16.5. The third kappa shape index (κ3) is 3.59. The predicted molar refractivity (Wildman–Crippen MR) is 101 cm³/mol. The number of carbonyl (C=O) groups excluding carboxylic acids is 3. The van der Waals surface area contributed by atoms with E-state index in [1.807, 2.05) is 0 Å². The topological polar surface area (TPSA) is 78.9 Å². The summed E-state index contributed by atoms with van der Waals surface area (Å²) in [6.45, 7) is 5.71. The lowest BCUT2D eigenvalue weighted by atomic mass is 9.82. The van der Waals surface area contributed by atoms with Gasteiger partial charge in [0.05, 0.1) is 31.1 Å². The summed E-state index contributed by atoms with van der Waals surface area (Å²) in [5, 5.41) is 0. The van der Waals surface area contributed by atoms with Crippen LogP contribution in [0.4, 0.5) is 0 Å². The Morgan fingerprint density at radius 3 is 2.32 bits per heavy atom. The molecule has 0 amide bonds. The van der Waals surface area contributed by atoms with E-state index in [9.17, 15) is 14.4 Å². The zero-order chi connectivity index (χ0) is 20.4. The molecule has 0 heterocycles. The zero-order valence-electron chi connectivity index (χ0n) is 16.5. The number of methoxy groups -OCH3 is 1. The average molecular weight is 384 g/mol. The number of allylic oxidation sites excluding steroid dienone is 2. The van der Waals surface area contributed by atoms with E-state index in [-0.39, 0.29) is 41.5 Å². The Kier molecular flexibility index (Phi) is 5.68. The molecule has 0 aliphatic heterocycles. The summed E-state index contributed by atoms with van der Waals surface area (Å²) >= 11 is 0. The van der Waals surface area contributed by atoms with Crippen LogP contribution in [0.2, 0.25) is 0 Å². The molecule has 6 heteroatoms. The Labute approximate surface area is 164 Å². The van der Waals surface area contributed by atoms with Crippen molar-refractivity contribution in [1.29, 1.82) is 0 Å². The molecule has 3 rings (SSSR count). The van der Waals surface area contributed by atoms with Gasteiger partial charge in [-0.25, -0.2) is 9.59 Å². The minimum absolute atomic E-state index is 0.0395. The smallest absolute Gasteiger partial charge is 0.339 e. The van der Waals surface area contributed by atoms with Gasteiger partial charge in [-0.15, -0.1) is 0 Å². The molecule has 2 aliphatic carbocycles. The van der Waals surface area contributed by atoms with Crippen molar-refractivity contribution in [2.45, 2.75) is 27.2 Å². The maximum atomic E-state index is 12.6. The van der Waals surface area contributed by atoms with Crippen molar-refractivity contribution < 1.29 is 28.6 Å². The lowest BCUT2D eigenvalue weighted by molar-refractivity contribution is -0.135. The second kappa shape index (κ2) is 8.00. The van der Waals surface area contributed by atoms with Gasteiger partial charge in [0.25, 0.3) is 0 Å². The van der Waals surface area contributed by atoms with Crippen LogP contribution in [0.15, 0.2) is 47.2 Å². The van der Waals surface area contributed by atoms with Crippen LogP contribution in [-0.2, 0) is 19.0 Å². The number of benzene rings is 1. The highest BCUT2D eigenvalue weighted by Gasteiger charge is 2.47. The van der Waals surface area contributed by atoms with Crippen molar-refractivity contribution in [3.8, 4) is 0 Å². The van der Waals surface area contributed by atoms with E-state index in [0.717, 1.165) is 12.0 Å². The maximum Gasteiger partial charge on any atom is 0.339 e. The molecule has 2 bridgehead atoms. The summed E-state index contributed by atoms with van der Waals surface area (Å²) in [6, 6.07) is 6.40. The first-order valence-corrected chi connectivity index (χ1v) is 9.24. The van der Waals surface area contributed by atoms with Crippen LogP contribution >= 0.6 is 0 Å². The van der Waals surface area contributed by atoms with Crippen molar-refractivity contribution in [1.82, 2.24) is 0 Å². The monoisotopic (exact) mass is 384 g/mol. The quantitative estimate of drug-likeness (QED) is 0.333. The van der Waals surface area contributed by atoms with Crippen LogP contribution in [0, 0.1) is 17.8 Å². The summed E-state index contributed by atoms with van der Waals surface area (Å²) in [6.07, 6.45) is 2.45. The molecule has 28 heavy (non-hydrogen) atoms. The predicted octanol–water partition coefficient (Wildman–Crippen LogP) is 3.68. The molecule has 3 atom stereocenters. The molecule has 0 unspecified atom stereocenters. The fourth-order valence-corrected chi connectivity index (χ4v) is 4.24. The number of carbonyl (C=O) groups is 3. The standard InChI is InChI=1S/C22H24O6/c1-12-13(2)18-9-17(12)19(10-27-14(3)23)20(18)11-28-22(25)16-8-6-5-7-15(16)21(24)26-4/h5-8,10,17-18,20H,9,11H2,1-4H3/b19-10+/t17-,18+,20-/m0/s1. The van der Waals surface area contributed by atoms with Gasteiger partial charge in [0, 0.05) is 18.8 Å². The molecule has 1 aromatic rings. The first-order chi connectivity index (χ1) is 13.3. The molecule has 0 aromatic heterocycles. The van der Waals surface area contributed by atoms with Gasteiger partial charge >= 0.3 is 17.9 Å². The van der Waals surface area contributed by atoms with E-state index in [2.05, 4.69) is 13.8 Å². The fourth-order valence-electron chi connectivity index (χ4n) is 4.24. The van der Waals surface area contributed by atoms with Crippen LogP contribution in [-0.4, -0.2) is 31.6 Å². The molecule has 6 nitrogen and oxygen atoms in total. The van der Waals surface area contributed by atoms with Gasteiger partial charge in [-0.1, -0.05) is 23.3 Å². The number of hydrogen-bond donors (Lipinski definition) is 0.